The first-order chi connectivity index (χ1) is 5.77. The van der Waals surface area contributed by atoms with Crippen molar-refractivity contribution in [2.24, 2.45) is 5.92 Å². The molecule has 0 aromatic heterocycles. The molecule has 0 rings (SSSR count). The third-order valence-electron chi connectivity index (χ3n) is 2.23. The SMILES string of the molecule is CCCC(CC)C(F)(F)C(C)(F)F. The van der Waals surface area contributed by atoms with Gasteiger partial charge in [-0.25, -0.2) is 8.78 Å². The van der Waals surface area contributed by atoms with Crippen molar-refractivity contribution in [2.45, 2.75) is 51.9 Å². The molecule has 0 saturated heterocycles. The predicted molar refractivity (Wildman–Crippen MR) is 44.3 cm³/mol. The predicted octanol–water partition coefficient (Wildman–Crippen LogP) is 4.10. The topological polar surface area (TPSA) is 0 Å². The summed E-state index contributed by atoms with van der Waals surface area (Å²) < 4.78 is 51.1. The van der Waals surface area contributed by atoms with Crippen molar-refractivity contribution in [1.82, 2.24) is 0 Å². The zero-order valence-corrected chi connectivity index (χ0v) is 8.21. The summed E-state index contributed by atoms with van der Waals surface area (Å²) in [4.78, 5) is 0. The van der Waals surface area contributed by atoms with Gasteiger partial charge in [0.2, 0.25) is 0 Å². The summed E-state index contributed by atoms with van der Waals surface area (Å²) in [6.45, 7) is 3.51. The molecule has 0 amide bonds. The maximum atomic E-state index is 13.0. The molecule has 13 heavy (non-hydrogen) atoms. The zero-order chi connectivity index (χ0) is 10.7. The second kappa shape index (κ2) is 4.29. The molecule has 0 fully saturated rings. The molecule has 1 atom stereocenters. The highest BCUT2D eigenvalue weighted by Gasteiger charge is 2.56. The van der Waals surface area contributed by atoms with Crippen LogP contribution in [0, 0.1) is 5.92 Å². The van der Waals surface area contributed by atoms with Crippen molar-refractivity contribution in [2.75, 3.05) is 0 Å². The van der Waals surface area contributed by atoms with Gasteiger partial charge < -0.3 is 0 Å². The van der Waals surface area contributed by atoms with Crippen molar-refractivity contribution in [3.05, 3.63) is 0 Å². The zero-order valence-electron chi connectivity index (χ0n) is 8.21. The van der Waals surface area contributed by atoms with Crippen LogP contribution in [0.5, 0.6) is 0 Å². The van der Waals surface area contributed by atoms with E-state index >= 15 is 0 Å². The van der Waals surface area contributed by atoms with E-state index in [4.69, 9.17) is 0 Å². The fraction of sp³-hybridized carbons (Fsp3) is 1.00. The van der Waals surface area contributed by atoms with Gasteiger partial charge in [0.05, 0.1) is 0 Å². The Morgan fingerprint density at radius 1 is 1.08 bits per heavy atom. The van der Waals surface area contributed by atoms with Crippen LogP contribution in [-0.4, -0.2) is 11.8 Å². The lowest BCUT2D eigenvalue weighted by atomic mass is 9.90. The van der Waals surface area contributed by atoms with Crippen LogP contribution in [0.3, 0.4) is 0 Å². The second-order valence-electron chi connectivity index (χ2n) is 3.41. The Hall–Kier alpha value is -0.280. The van der Waals surface area contributed by atoms with Crippen LogP contribution in [0.1, 0.15) is 40.0 Å². The van der Waals surface area contributed by atoms with E-state index in [1.165, 1.54) is 6.92 Å². The maximum absolute atomic E-state index is 13.0. The quantitative estimate of drug-likeness (QED) is 0.586. The lowest BCUT2D eigenvalue weighted by Gasteiger charge is -2.30. The Morgan fingerprint density at radius 2 is 1.54 bits per heavy atom. The summed E-state index contributed by atoms with van der Waals surface area (Å²) >= 11 is 0. The van der Waals surface area contributed by atoms with Gasteiger partial charge in [0.1, 0.15) is 0 Å². The molecule has 1 unspecified atom stereocenters. The third kappa shape index (κ3) is 2.85. The van der Waals surface area contributed by atoms with E-state index in [9.17, 15) is 17.6 Å². The average Bonchev–Trinajstić information content (AvgIpc) is 1.97. The number of hydrogen-bond donors (Lipinski definition) is 0. The smallest absolute Gasteiger partial charge is 0.200 e. The van der Waals surface area contributed by atoms with Gasteiger partial charge in [-0.2, -0.15) is 8.78 Å². The van der Waals surface area contributed by atoms with Crippen LogP contribution in [0.2, 0.25) is 0 Å². The van der Waals surface area contributed by atoms with E-state index in [2.05, 4.69) is 0 Å². The fourth-order valence-electron chi connectivity index (χ4n) is 1.35. The molecule has 4 heteroatoms. The number of hydrogen-bond acceptors (Lipinski definition) is 0. The molecule has 0 heterocycles. The van der Waals surface area contributed by atoms with E-state index < -0.39 is 17.8 Å². The van der Waals surface area contributed by atoms with E-state index in [1.54, 1.807) is 6.92 Å². The number of alkyl halides is 4. The Bertz CT molecular complexity index is 148. The molecule has 80 valence electrons. The molecular formula is C9H16F4. The molecule has 0 radical (unpaired) electrons. The first-order valence-electron chi connectivity index (χ1n) is 4.53. The minimum atomic E-state index is -3.91. The molecular weight excluding hydrogens is 184 g/mol. The van der Waals surface area contributed by atoms with Gasteiger partial charge in [-0.15, -0.1) is 0 Å². The minimum Gasteiger partial charge on any atom is -0.200 e. The van der Waals surface area contributed by atoms with Gasteiger partial charge in [-0.05, 0) is 12.8 Å². The summed E-state index contributed by atoms with van der Waals surface area (Å²) in [6, 6.07) is 0. The average molecular weight is 200 g/mol. The van der Waals surface area contributed by atoms with E-state index in [-0.39, 0.29) is 19.8 Å². The van der Waals surface area contributed by atoms with Crippen LogP contribution in [-0.2, 0) is 0 Å². The largest absolute Gasteiger partial charge is 0.312 e. The molecule has 0 aliphatic carbocycles. The summed E-state index contributed by atoms with van der Waals surface area (Å²) in [5.41, 5.74) is 0. The molecule has 0 bridgehead atoms. The standard InChI is InChI=1S/C9H16F4/c1-4-6-7(5-2)9(12,13)8(3,10)11/h7H,4-6H2,1-3H3. The summed E-state index contributed by atoms with van der Waals surface area (Å²) in [6.07, 6.45) is 0.737. The van der Waals surface area contributed by atoms with Crippen LogP contribution in [0.15, 0.2) is 0 Å². The Kier molecular flexibility index (Phi) is 4.20. The highest BCUT2D eigenvalue weighted by atomic mass is 19.3. The summed E-state index contributed by atoms with van der Waals surface area (Å²) in [5.74, 6) is -9.00. The van der Waals surface area contributed by atoms with Crippen molar-refractivity contribution < 1.29 is 17.6 Å². The first-order valence-corrected chi connectivity index (χ1v) is 4.53. The molecule has 0 aliphatic rings. The summed E-state index contributed by atoms with van der Waals surface area (Å²) in [5, 5.41) is 0. The van der Waals surface area contributed by atoms with Gasteiger partial charge >= 0.3 is 11.8 Å². The highest BCUT2D eigenvalue weighted by molar-refractivity contribution is 4.86. The lowest BCUT2D eigenvalue weighted by molar-refractivity contribution is -0.228. The normalized spacial score (nSPS) is 15.9. The van der Waals surface area contributed by atoms with E-state index in [1.807, 2.05) is 0 Å². The Morgan fingerprint density at radius 3 is 1.77 bits per heavy atom. The van der Waals surface area contributed by atoms with Crippen molar-refractivity contribution in [3.8, 4) is 0 Å². The minimum absolute atomic E-state index is 0.0876. The van der Waals surface area contributed by atoms with Gasteiger partial charge in [-0.1, -0.05) is 20.3 Å². The van der Waals surface area contributed by atoms with Gasteiger partial charge in [0.25, 0.3) is 0 Å². The lowest BCUT2D eigenvalue weighted by Crippen LogP contribution is -2.44. The third-order valence-corrected chi connectivity index (χ3v) is 2.23. The van der Waals surface area contributed by atoms with Gasteiger partial charge in [0, 0.05) is 12.8 Å². The monoisotopic (exact) mass is 200 g/mol. The first kappa shape index (κ1) is 12.7. The van der Waals surface area contributed by atoms with E-state index in [0.29, 0.717) is 6.42 Å². The molecule has 0 aromatic carbocycles. The van der Waals surface area contributed by atoms with Crippen LogP contribution < -0.4 is 0 Å². The van der Waals surface area contributed by atoms with Gasteiger partial charge in [-0.3, -0.25) is 0 Å². The van der Waals surface area contributed by atoms with Crippen molar-refractivity contribution in [1.29, 1.82) is 0 Å². The molecule has 0 aliphatic heterocycles. The van der Waals surface area contributed by atoms with Crippen LogP contribution >= 0.6 is 0 Å². The Labute approximate surface area is 76.3 Å². The maximum Gasteiger partial charge on any atom is 0.312 e. The number of rotatable bonds is 5. The van der Waals surface area contributed by atoms with Crippen LogP contribution in [0.4, 0.5) is 17.6 Å². The van der Waals surface area contributed by atoms with E-state index in [0.717, 1.165) is 0 Å². The van der Waals surface area contributed by atoms with Crippen molar-refractivity contribution in [3.63, 3.8) is 0 Å². The molecule has 0 spiro atoms. The Balaban J connectivity index is 4.56. The summed E-state index contributed by atoms with van der Waals surface area (Å²) in [7, 11) is 0. The molecule has 0 nitrogen and oxygen atoms in total. The van der Waals surface area contributed by atoms with Crippen LogP contribution in [0.25, 0.3) is 0 Å². The van der Waals surface area contributed by atoms with Gasteiger partial charge in [0.15, 0.2) is 0 Å². The number of halogens is 4. The molecule has 0 N–H and O–H groups in total. The highest BCUT2D eigenvalue weighted by Crippen LogP contribution is 2.42. The van der Waals surface area contributed by atoms with Crippen molar-refractivity contribution >= 4 is 0 Å². The fourth-order valence-corrected chi connectivity index (χ4v) is 1.35. The molecule has 0 aromatic rings. The second-order valence-corrected chi connectivity index (χ2v) is 3.41. The molecule has 0 saturated carbocycles.